The van der Waals surface area contributed by atoms with E-state index in [9.17, 15) is 9.90 Å². The minimum absolute atomic E-state index is 0.0249. The highest BCUT2D eigenvalue weighted by molar-refractivity contribution is 5.79. The number of carbonyl (C=O) groups excluding carboxylic acids is 1. The Labute approximate surface area is 166 Å². The number of hydrogen-bond donors (Lipinski definition) is 1. The van der Waals surface area contributed by atoms with Crippen molar-refractivity contribution < 1.29 is 23.5 Å². The normalized spacial score (nSPS) is 49.7. The summed E-state index contributed by atoms with van der Waals surface area (Å²) in [7, 11) is 2.92. The zero-order valence-electron chi connectivity index (χ0n) is 17.6. The number of halogens is 2. The molecule has 8 atom stereocenters. The maximum absolute atomic E-state index is 15.7. The lowest BCUT2D eigenvalue weighted by Crippen LogP contribution is -2.60. The summed E-state index contributed by atoms with van der Waals surface area (Å²) in [4.78, 5) is 17.9. The van der Waals surface area contributed by atoms with Crippen LogP contribution in [-0.2, 0) is 9.63 Å². The Bertz CT molecular complexity index is 639. The predicted molar refractivity (Wildman–Crippen MR) is 101 cm³/mol. The molecule has 0 aromatic rings. The van der Waals surface area contributed by atoms with Crippen LogP contribution in [0.4, 0.5) is 8.78 Å². The summed E-state index contributed by atoms with van der Waals surface area (Å²) in [5.41, 5.74) is -1.93. The maximum Gasteiger partial charge on any atom is 0.254 e. The number of aliphatic hydroxyl groups is 1. The van der Waals surface area contributed by atoms with Gasteiger partial charge in [0.2, 0.25) is 5.91 Å². The highest BCUT2D eigenvalue weighted by Gasteiger charge is 2.70. The monoisotopic (exact) mass is 399 g/mol. The van der Waals surface area contributed by atoms with Crippen molar-refractivity contribution in [3.8, 4) is 0 Å². The van der Waals surface area contributed by atoms with Crippen molar-refractivity contribution in [2.75, 3.05) is 14.2 Å². The van der Waals surface area contributed by atoms with E-state index in [1.807, 2.05) is 6.92 Å². The minimum Gasteiger partial charge on any atom is -0.390 e. The molecule has 0 aromatic carbocycles. The van der Waals surface area contributed by atoms with E-state index in [4.69, 9.17) is 4.84 Å². The molecule has 4 nitrogen and oxygen atoms in total. The van der Waals surface area contributed by atoms with Crippen LogP contribution in [0.25, 0.3) is 0 Å². The van der Waals surface area contributed by atoms with Gasteiger partial charge in [0.05, 0.1) is 18.6 Å². The van der Waals surface area contributed by atoms with E-state index in [0.717, 1.165) is 30.7 Å². The number of amides is 1. The van der Waals surface area contributed by atoms with Crippen LogP contribution in [0.5, 0.6) is 0 Å². The lowest BCUT2D eigenvalue weighted by atomic mass is 9.48. The third-order valence-corrected chi connectivity index (χ3v) is 9.23. The van der Waals surface area contributed by atoms with Crippen LogP contribution in [0.2, 0.25) is 0 Å². The summed E-state index contributed by atoms with van der Waals surface area (Å²) in [6.45, 7) is 3.56. The van der Waals surface area contributed by atoms with E-state index in [0.29, 0.717) is 31.1 Å². The predicted octanol–water partition coefficient (Wildman–Crippen LogP) is 4.27. The van der Waals surface area contributed by atoms with Gasteiger partial charge < -0.3 is 5.11 Å². The molecule has 1 N–H and O–H groups in total. The molecule has 0 radical (unpaired) electrons. The molecule has 0 heterocycles. The van der Waals surface area contributed by atoms with Crippen LogP contribution in [-0.4, -0.2) is 41.8 Å². The molecule has 0 aromatic heterocycles. The Morgan fingerprint density at radius 1 is 1.04 bits per heavy atom. The molecule has 4 aliphatic carbocycles. The van der Waals surface area contributed by atoms with Gasteiger partial charge in [-0.1, -0.05) is 6.92 Å². The molecule has 4 rings (SSSR count). The van der Waals surface area contributed by atoms with Crippen molar-refractivity contribution in [3.63, 3.8) is 0 Å². The van der Waals surface area contributed by atoms with Gasteiger partial charge in [-0.15, -0.1) is 0 Å². The van der Waals surface area contributed by atoms with Gasteiger partial charge in [-0.05, 0) is 81.5 Å². The molecule has 4 fully saturated rings. The summed E-state index contributed by atoms with van der Waals surface area (Å²) in [5.74, 6) is -2.99. The molecular weight excluding hydrogens is 364 g/mol. The Hall–Kier alpha value is -0.750. The van der Waals surface area contributed by atoms with Crippen molar-refractivity contribution in [2.24, 2.45) is 40.9 Å². The van der Waals surface area contributed by atoms with Crippen LogP contribution in [0.15, 0.2) is 0 Å². The van der Waals surface area contributed by atoms with Crippen molar-refractivity contribution in [2.45, 2.75) is 76.7 Å². The Kier molecular flexibility index (Phi) is 4.86. The molecule has 0 unspecified atom stereocenters. The average Bonchev–Trinajstić information content (AvgIpc) is 2.98. The fraction of sp³-hybridized carbons (Fsp3) is 0.955. The molecule has 160 valence electrons. The second-order valence-electron chi connectivity index (χ2n) is 10.5. The van der Waals surface area contributed by atoms with Gasteiger partial charge in [0.15, 0.2) is 0 Å². The van der Waals surface area contributed by atoms with Gasteiger partial charge in [-0.2, -0.15) is 0 Å². The number of alkyl halides is 2. The van der Waals surface area contributed by atoms with Crippen LogP contribution in [0.1, 0.15) is 65.2 Å². The molecule has 0 bridgehead atoms. The van der Waals surface area contributed by atoms with Crippen molar-refractivity contribution in [3.05, 3.63) is 0 Å². The third kappa shape index (κ3) is 2.84. The standard InChI is InChI=1S/C22H35F2NO3/c1-20(27)10-9-14-13(11-20)5-6-15-16(14)12-22(23,24)21(2)17(15)7-8-18(21)19(26)25(3)28-4/h13-18,27H,5-12H2,1-4H3/t13-,14+,15-,16-,17+,18-,20-,21+/m1/s1. The van der Waals surface area contributed by atoms with Gasteiger partial charge in [-0.3, -0.25) is 9.63 Å². The second-order valence-corrected chi connectivity index (χ2v) is 10.5. The minimum atomic E-state index is -2.86. The van der Waals surface area contributed by atoms with Crippen LogP contribution >= 0.6 is 0 Å². The topological polar surface area (TPSA) is 49.8 Å². The number of hydroxylamine groups is 2. The molecule has 0 spiro atoms. The first-order valence-corrected chi connectivity index (χ1v) is 10.9. The zero-order valence-corrected chi connectivity index (χ0v) is 17.6. The van der Waals surface area contributed by atoms with E-state index < -0.39 is 22.9 Å². The smallest absolute Gasteiger partial charge is 0.254 e. The van der Waals surface area contributed by atoms with Gasteiger partial charge in [0, 0.05) is 18.9 Å². The molecule has 0 saturated heterocycles. The first-order valence-electron chi connectivity index (χ1n) is 10.9. The molecule has 4 saturated carbocycles. The summed E-state index contributed by atoms with van der Waals surface area (Å²) in [6, 6.07) is 0. The fourth-order valence-electron chi connectivity index (χ4n) is 7.75. The highest BCUT2D eigenvalue weighted by atomic mass is 19.3. The van der Waals surface area contributed by atoms with E-state index in [-0.39, 0.29) is 30.1 Å². The van der Waals surface area contributed by atoms with Crippen LogP contribution in [0, 0.1) is 40.9 Å². The molecule has 4 aliphatic rings. The summed E-state index contributed by atoms with van der Waals surface area (Å²) in [6.07, 6.45) is 5.42. The maximum atomic E-state index is 15.7. The van der Waals surface area contributed by atoms with E-state index in [1.165, 1.54) is 14.2 Å². The zero-order chi connectivity index (χ0) is 20.5. The second kappa shape index (κ2) is 6.63. The Morgan fingerprint density at radius 3 is 2.43 bits per heavy atom. The van der Waals surface area contributed by atoms with E-state index >= 15 is 8.78 Å². The number of fused-ring (bicyclic) bond motifs is 5. The van der Waals surface area contributed by atoms with Crippen molar-refractivity contribution >= 4 is 5.91 Å². The number of hydrogen-bond acceptors (Lipinski definition) is 3. The average molecular weight is 400 g/mol. The van der Waals surface area contributed by atoms with Crippen LogP contribution in [0.3, 0.4) is 0 Å². The van der Waals surface area contributed by atoms with Gasteiger partial charge in [-0.25, -0.2) is 13.8 Å². The van der Waals surface area contributed by atoms with E-state index in [1.54, 1.807) is 6.92 Å². The molecule has 1 amide bonds. The van der Waals surface area contributed by atoms with Gasteiger partial charge in [0.25, 0.3) is 5.92 Å². The van der Waals surface area contributed by atoms with Gasteiger partial charge >= 0.3 is 0 Å². The Balaban J connectivity index is 1.63. The summed E-state index contributed by atoms with van der Waals surface area (Å²) >= 11 is 0. The first kappa shape index (κ1) is 20.5. The highest BCUT2D eigenvalue weighted by Crippen LogP contribution is 2.69. The van der Waals surface area contributed by atoms with Crippen LogP contribution < -0.4 is 0 Å². The van der Waals surface area contributed by atoms with Crippen molar-refractivity contribution in [1.29, 1.82) is 0 Å². The quantitative estimate of drug-likeness (QED) is 0.706. The van der Waals surface area contributed by atoms with Crippen molar-refractivity contribution in [1.82, 2.24) is 5.06 Å². The number of carbonyl (C=O) groups is 1. The fourth-order valence-corrected chi connectivity index (χ4v) is 7.75. The SMILES string of the molecule is CON(C)C(=O)[C@H]1CC[C@H]2[C@@H]3CC[C@@H]4C[C@](C)(O)CC[C@@H]4[C@H]3CC(F)(F)[C@]12C. The third-order valence-electron chi connectivity index (χ3n) is 9.23. The number of rotatable bonds is 2. The molecular formula is C22H35F2NO3. The van der Waals surface area contributed by atoms with Gasteiger partial charge in [0.1, 0.15) is 0 Å². The summed E-state index contributed by atoms with van der Waals surface area (Å²) in [5, 5.41) is 11.6. The largest absolute Gasteiger partial charge is 0.390 e. The molecule has 0 aliphatic heterocycles. The van der Waals surface area contributed by atoms with E-state index in [2.05, 4.69) is 0 Å². The Morgan fingerprint density at radius 2 is 1.75 bits per heavy atom. The molecule has 6 heteroatoms. The lowest BCUT2D eigenvalue weighted by molar-refractivity contribution is -0.236. The first-order chi connectivity index (χ1) is 13.0. The number of nitrogens with zero attached hydrogens (tertiary/aromatic N) is 1. The molecule has 28 heavy (non-hydrogen) atoms. The summed E-state index contributed by atoms with van der Waals surface area (Å²) < 4.78 is 31.5. The lowest BCUT2D eigenvalue weighted by Gasteiger charge is -2.59.